The Kier molecular flexibility index (Phi) is 4.67. The molecule has 0 radical (unpaired) electrons. The van der Waals surface area contributed by atoms with Gasteiger partial charge < -0.3 is 10.6 Å². The monoisotopic (exact) mass is 158 g/mol. The van der Waals surface area contributed by atoms with Crippen LogP contribution in [0.25, 0.3) is 0 Å². The van der Waals surface area contributed by atoms with Gasteiger partial charge >= 0.3 is 6.02 Å². The van der Waals surface area contributed by atoms with Crippen molar-refractivity contribution >= 4 is 18.6 Å². The topological polar surface area (TPSA) is 89.1 Å². The Bertz CT molecular complexity index is 177. The van der Waals surface area contributed by atoms with Gasteiger partial charge in [-0.1, -0.05) is 0 Å². The molecule has 1 amide bonds. The fourth-order valence-electron chi connectivity index (χ4n) is 0.332. The van der Waals surface area contributed by atoms with Gasteiger partial charge in [0.05, 0.1) is 0 Å². The van der Waals surface area contributed by atoms with E-state index in [1.807, 2.05) is 0 Å². The number of amidine groups is 1. The van der Waals surface area contributed by atoms with Crippen LogP contribution in [-0.2, 0) is 9.63 Å². The number of carbonyl (C=O) groups is 1. The summed E-state index contributed by atoms with van der Waals surface area (Å²) in [5.74, 6) is -0.451. The second-order valence-electron chi connectivity index (χ2n) is 1.51. The molecule has 0 aromatic carbocycles. The van der Waals surface area contributed by atoms with Gasteiger partial charge in [-0.2, -0.15) is 5.48 Å². The maximum Gasteiger partial charge on any atom is 0.302 e. The van der Waals surface area contributed by atoms with Gasteiger partial charge in [-0.3, -0.25) is 4.79 Å². The average Bonchev–Trinajstić information content (AvgIpc) is 2.01. The van der Waals surface area contributed by atoms with Crippen LogP contribution in [0.15, 0.2) is 9.98 Å². The van der Waals surface area contributed by atoms with E-state index in [-0.39, 0.29) is 12.6 Å². The van der Waals surface area contributed by atoms with Crippen LogP contribution in [0, 0.1) is 0 Å². The van der Waals surface area contributed by atoms with Crippen molar-refractivity contribution in [3.05, 3.63) is 0 Å². The molecule has 0 bridgehead atoms. The van der Waals surface area contributed by atoms with Crippen molar-refractivity contribution in [2.45, 2.75) is 0 Å². The number of nitrogens with one attached hydrogen (secondary N) is 1. The SMILES string of the molecule is C=NC(=O)CN=C(N)ONC. The third kappa shape index (κ3) is 5.04. The zero-order valence-corrected chi connectivity index (χ0v) is 6.20. The highest BCUT2D eigenvalue weighted by Gasteiger charge is 1.95. The van der Waals surface area contributed by atoms with E-state index >= 15 is 0 Å². The van der Waals surface area contributed by atoms with E-state index in [2.05, 4.69) is 27.0 Å². The lowest BCUT2D eigenvalue weighted by Crippen LogP contribution is -2.24. The van der Waals surface area contributed by atoms with E-state index in [0.717, 1.165) is 0 Å². The normalized spacial score (nSPS) is 10.8. The van der Waals surface area contributed by atoms with Crippen molar-refractivity contribution in [2.75, 3.05) is 13.6 Å². The van der Waals surface area contributed by atoms with Crippen LogP contribution in [0.4, 0.5) is 0 Å². The van der Waals surface area contributed by atoms with Crippen LogP contribution in [0.1, 0.15) is 0 Å². The van der Waals surface area contributed by atoms with Crippen molar-refractivity contribution < 1.29 is 9.63 Å². The predicted molar refractivity (Wildman–Crippen MR) is 41.2 cm³/mol. The molecule has 0 heterocycles. The lowest BCUT2D eigenvalue weighted by molar-refractivity contribution is -0.116. The summed E-state index contributed by atoms with van der Waals surface area (Å²) in [5.41, 5.74) is 7.43. The summed E-state index contributed by atoms with van der Waals surface area (Å²) in [6.07, 6.45) is 0. The molecule has 11 heavy (non-hydrogen) atoms. The zero-order valence-electron chi connectivity index (χ0n) is 6.20. The second-order valence-corrected chi connectivity index (χ2v) is 1.51. The quantitative estimate of drug-likeness (QED) is 0.303. The Morgan fingerprint density at radius 2 is 2.45 bits per heavy atom. The number of rotatable bonds is 3. The first-order valence-corrected chi connectivity index (χ1v) is 2.83. The Balaban J connectivity index is 3.71. The molecule has 6 nitrogen and oxygen atoms in total. The summed E-state index contributed by atoms with van der Waals surface area (Å²) in [4.78, 5) is 21.6. The smallest absolute Gasteiger partial charge is 0.302 e. The number of nitrogens with two attached hydrogens (primary N) is 1. The molecule has 0 aliphatic carbocycles. The van der Waals surface area contributed by atoms with Crippen molar-refractivity contribution in [3.8, 4) is 0 Å². The second kappa shape index (κ2) is 5.36. The number of hydroxylamine groups is 1. The summed E-state index contributed by atoms with van der Waals surface area (Å²) < 4.78 is 0. The molecule has 0 saturated carbocycles. The average molecular weight is 158 g/mol. The van der Waals surface area contributed by atoms with E-state index in [9.17, 15) is 4.79 Å². The fourth-order valence-corrected chi connectivity index (χ4v) is 0.332. The molecule has 0 fully saturated rings. The zero-order chi connectivity index (χ0) is 8.69. The van der Waals surface area contributed by atoms with Gasteiger partial charge in [0.2, 0.25) is 0 Å². The Morgan fingerprint density at radius 1 is 1.82 bits per heavy atom. The molecule has 62 valence electrons. The molecule has 0 rings (SSSR count). The number of aliphatic imine (C=N–C) groups is 2. The van der Waals surface area contributed by atoms with Gasteiger partial charge in [0.25, 0.3) is 5.91 Å². The highest BCUT2D eigenvalue weighted by Crippen LogP contribution is 1.76. The molecule has 0 aliphatic rings. The van der Waals surface area contributed by atoms with Gasteiger partial charge in [-0.15, -0.1) is 0 Å². The maximum atomic E-state index is 10.5. The minimum absolute atomic E-state index is 0.107. The van der Waals surface area contributed by atoms with E-state index in [1.54, 1.807) is 0 Å². The molecule has 0 unspecified atom stereocenters. The van der Waals surface area contributed by atoms with E-state index < -0.39 is 5.91 Å². The standard InChI is InChI=1S/C5H10N4O2/c1-7-4(10)3-9-5(6)11-8-2/h8H,1,3H2,2H3,(H2,6,9). The van der Waals surface area contributed by atoms with Crippen molar-refractivity contribution in [1.29, 1.82) is 0 Å². The van der Waals surface area contributed by atoms with Gasteiger partial charge in [0.1, 0.15) is 6.54 Å². The highest BCUT2D eigenvalue weighted by molar-refractivity contribution is 5.84. The molecule has 3 N–H and O–H groups in total. The van der Waals surface area contributed by atoms with E-state index in [0.29, 0.717) is 0 Å². The van der Waals surface area contributed by atoms with Gasteiger partial charge in [0, 0.05) is 7.05 Å². The first-order chi connectivity index (χ1) is 5.20. The number of hydrogen-bond acceptors (Lipinski definition) is 4. The largest absolute Gasteiger partial charge is 0.371 e. The molecule has 0 spiro atoms. The molecule has 0 saturated heterocycles. The van der Waals surface area contributed by atoms with E-state index in [4.69, 9.17) is 5.73 Å². The summed E-state index contributed by atoms with van der Waals surface area (Å²) in [5, 5.41) is 0. The molecular weight excluding hydrogens is 148 g/mol. The van der Waals surface area contributed by atoms with Crippen LogP contribution in [0.3, 0.4) is 0 Å². The summed E-state index contributed by atoms with van der Waals surface area (Å²) in [6, 6.07) is -0.107. The number of amides is 1. The number of hydrogen-bond donors (Lipinski definition) is 2. The third-order valence-electron chi connectivity index (χ3n) is 0.753. The molecule has 0 aromatic rings. The van der Waals surface area contributed by atoms with Gasteiger partial charge in [-0.05, 0) is 6.72 Å². The molecular formula is C5H10N4O2. The highest BCUT2D eigenvalue weighted by atomic mass is 16.7. The summed E-state index contributed by atoms with van der Waals surface area (Å²) in [7, 11) is 1.52. The molecule has 0 atom stereocenters. The first-order valence-electron chi connectivity index (χ1n) is 2.83. The molecule has 6 heteroatoms. The van der Waals surface area contributed by atoms with E-state index in [1.165, 1.54) is 7.05 Å². The van der Waals surface area contributed by atoms with Crippen LogP contribution in [-0.4, -0.2) is 32.2 Å². The molecule has 0 aliphatic heterocycles. The lowest BCUT2D eigenvalue weighted by atomic mass is 10.6. The van der Waals surface area contributed by atoms with Crippen molar-refractivity contribution in [2.24, 2.45) is 15.7 Å². The van der Waals surface area contributed by atoms with Crippen LogP contribution in [0.2, 0.25) is 0 Å². The summed E-state index contributed by atoms with van der Waals surface area (Å²) in [6.45, 7) is 2.88. The maximum absolute atomic E-state index is 10.5. The van der Waals surface area contributed by atoms with Crippen molar-refractivity contribution in [1.82, 2.24) is 5.48 Å². The van der Waals surface area contributed by atoms with Gasteiger partial charge in [-0.25, -0.2) is 9.98 Å². The Labute approximate surface area is 64.1 Å². The minimum atomic E-state index is -0.451. The van der Waals surface area contributed by atoms with Crippen LogP contribution < -0.4 is 11.2 Å². The lowest BCUT2D eigenvalue weighted by Gasteiger charge is -1.98. The van der Waals surface area contributed by atoms with Gasteiger partial charge in [0.15, 0.2) is 0 Å². The van der Waals surface area contributed by atoms with Crippen LogP contribution >= 0.6 is 0 Å². The van der Waals surface area contributed by atoms with Crippen molar-refractivity contribution in [3.63, 3.8) is 0 Å². The first kappa shape index (κ1) is 9.57. The Hall–Kier alpha value is -1.43. The molecule has 0 aromatic heterocycles. The minimum Gasteiger partial charge on any atom is -0.371 e. The number of carbonyl (C=O) groups excluding carboxylic acids is 1. The summed E-state index contributed by atoms with van der Waals surface area (Å²) >= 11 is 0. The third-order valence-corrected chi connectivity index (χ3v) is 0.753. The van der Waals surface area contributed by atoms with Crippen LogP contribution in [0.5, 0.6) is 0 Å². The predicted octanol–water partition coefficient (Wildman–Crippen LogP) is -1.32. The Morgan fingerprint density at radius 3 is 2.91 bits per heavy atom. The number of nitrogens with zero attached hydrogens (tertiary/aromatic N) is 2. The fraction of sp³-hybridized carbons (Fsp3) is 0.400.